The zero-order valence-corrected chi connectivity index (χ0v) is 9.79. The molecule has 0 radical (unpaired) electrons. The number of hydrogen-bond acceptors (Lipinski definition) is 2. The maximum Gasteiger partial charge on any atom is 0.230 e. The summed E-state index contributed by atoms with van der Waals surface area (Å²) in [5, 5.41) is 24.0. The summed E-state index contributed by atoms with van der Waals surface area (Å²) in [6.45, 7) is 6.04. The van der Waals surface area contributed by atoms with E-state index in [1.54, 1.807) is 0 Å². The minimum absolute atomic E-state index is 0.215. The van der Waals surface area contributed by atoms with Crippen LogP contribution in [0.15, 0.2) is 35.6 Å². The van der Waals surface area contributed by atoms with Crippen LogP contribution in [0, 0.1) is 5.21 Å². The number of hydrazine groups is 1. The summed E-state index contributed by atoms with van der Waals surface area (Å²) in [5.74, 6) is 0. The van der Waals surface area contributed by atoms with E-state index in [4.69, 9.17) is 5.21 Å². The van der Waals surface area contributed by atoms with Gasteiger partial charge in [0.2, 0.25) is 5.28 Å². The molecule has 0 saturated carbocycles. The first-order chi connectivity index (χ1) is 7.45. The number of hydrogen-bond donors (Lipinski definition) is 1. The predicted octanol–water partition coefficient (Wildman–Crippen LogP) is 2.55. The van der Waals surface area contributed by atoms with Crippen LogP contribution in [-0.2, 0) is 6.54 Å². The van der Waals surface area contributed by atoms with Gasteiger partial charge in [0.25, 0.3) is 0 Å². The van der Waals surface area contributed by atoms with Crippen molar-refractivity contribution in [2.45, 2.75) is 32.9 Å². The Balaban J connectivity index is 2.89. The van der Waals surface area contributed by atoms with Crippen molar-refractivity contribution in [1.29, 1.82) is 0 Å². The maximum atomic E-state index is 11.4. The van der Waals surface area contributed by atoms with Gasteiger partial charge >= 0.3 is 0 Å². The molecule has 1 rings (SSSR count). The Morgan fingerprint density at radius 1 is 1.31 bits per heavy atom. The smallest absolute Gasteiger partial charge is 0.230 e. The Bertz CT molecular complexity index is 357. The molecule has 0 fully saturated rings. The molecule has 0 aliphatic rings. The van der Waals surface area contributed by atoms with Gasteiger partial charge in [-0.15, -0.1) is 5.01 Å². The molecule has 0 aliphatic carbocycles. The van der Waals surface area contributed by atoms with Crippen molar-refractivity contribution in [3.8, 4) is 0 Å². The highest BCUT2D eigenvalue weighted by Crippen LogP contribution is 2.17. The van der Waals surface area contributed by atoms with Crippen molar-refractivity contribution in [1.82, 2.24) is 5.01 Å². The summed E-state index contributed by atoms with van der Waals surface area (Å²) >= 11 is 0. The van der Waals surface area contributed by atoms with E-state index in [2.05, 4.69) is 5.28 Å². The minimum Gasteiger partial charge on any atom is -0.569 e. The average Bonchev–Trinajstić information content (AvgIpc) is 2.25. The van der Waals surface area contributed by atoms with Gasteiger partial charge in [0.15, 0.2) is 0 Å². The highest BCUT2D eigenvalue weighted by molar-refractivity contribution is 5.14. The molecule has 0 aliphatic heterocycles. The van der Waals surface area contributed by atoms with Crippen LogP contribution in [0.5, 0.6) is 0 Å². The lowest BCUT2D eigenvalue weighted by Gasteiger charge is -2.30. The molecule has 5 heteroatoms. The standard InChI is InChI=1S/C11H17N3O2/c1-11(2,3)13(14(16)12-15)9-10-7-5-4-6-8-10/h4-8,15H,9H2,1-3H3/b14-12-. The van der Waals surface area contributed by atoms with Crippen LogP contribution < -0.4 is 0 Å². The first kappa shape index (κ1) is 12.3. The monoisotopic (exact) mass is 223 g/mol. The van der Waals surface area contributed by atoms with Crippen LogP contribution >= 0.6 is 0 Å². The third kappa shape index (κ3) is 3.12. The molecule has 0 aromatic heterocycles. The number of benzene rings is 1. The molecule has 0 spiro atoms. The molecule has 1 N–H and O–H groups in total. The van der Waals surface area contributed by atoms with Gasteiger partial charge in [-0.1, -0.05) is 30.3 Å². The lowest BCUT2D eigenvalue weighted by molar-refractivity contribution is -0.727. The van der Waals surface area contributed by atoms with Crippen molar-refractivity contribution in [3.05, 3.63) is 41.1 Å². The van der Waals surface area contributed by atoms with Crippen LogP contribution in [-0.4, -0.2) is 20.7 Å². The quantitative estimate of drug-likeness (QED) is 0.486. The highest BCUT2D eigenvalue weighted by Gasteiger charge is 2.28. The zero-order valence-electron chi connectivity index (χ0n) is 9.79. The Morgan fingerprint density at radius 3 is 2.31 bits per heavy atom. The molecule has 16 heavy (non-hydrogen) atoms. The summed E-state index contributed by atoms with van der Waals surface area (Å²) in [5.41, 5.74) is 0.575. The second kappa shape index (κ2) is 4.83. The Morgan fingerprint density at radius 2 is 1.88 bits per heavy atom. The third-order valence-electron chi connectivity index (χ3n) is 2.23. The van der Waals surface area contributed by atoms with Gasteiger partial charge in [-0.3, -0.25) is 0 Å². The molecule has 1 aromatic carbocycles. The van der Waals surface area contributed by atoms with Gasteiger partial charge in [-0.05, 0) is 26.3 Å². The molecule has 5 nitrogen and oxygen atoms in total. The summed E-state index contributed by atoms with van der Waals surface area (Å²) in [6.07, 6.45) is 0. The van der Waals surface area contributed by atoms with E-state index in [0.29, 0.717) is 6.54 Å². The highest BCUT2D eigenvalue weighted by atomic mass is 16.6. The molecule has 1 aromatic rings. The van der Waals surface area contributed by atoms with Gasteiger partial charge in [-0.25, -0.2) is 0 Å². The summed E-state index contributed by atoms with van der Waals surface area (Å²) < 4.78 is 0. The Hall–Kier alpha value is -1.78. The van der Waals surface area contributed by atoms with Gasteiger partial charge in [0.1, 0.15) is 6.54 Å². The van der Waals surface area contributed by atoms with Gasteiger partial charge in [0.05, 0.1) is 10.5 Å². The molecule has 0 heterocycles. The topological polar surface area (TPSA) is 61.9 Å². The minimum atomic E-state index is -0.413. The molecule has 0 bridgehead atoms. The second-order valence-electron chi connectivity index (χ2n) is 4.56. The van der Waals surface area contributed by atoms with Crippen LogP contribution in [0.4, 0.5) is 0 Å². The van der Waals surface area contributed by atoms with E-state index in [-0.39, 0.29) is 4.97 Å². The van der Waals surface area contributed by atoms with Gasteiger partial charge in [-0.2, -0.15) is 0 Å². The van der Waals surface area contributed by atoms with Crippen LogP contribution in [0.1, 0.15) is 26.3 Å². The van der Waals surface area contributed by atoms with E-state index >= 15 is 0 Å². The normalized spacial score (nSPS) is 12.6. The van der Waals surface area contributed by atoms with E-state index in [1.165, 1.54) is 5.01 Å². The van der Waals surface area contributed by atoms with Gasteiger partial charge in [0, 0.05) is 0 Å². The Kier molecular flexibility index (Phi) is 3.71. The molecule has 0 atom stereocenters. The van der Waals surface area contributed by atoms with Crippen molar-refractivity contribution in [3.63, 3.8) is 0 Å². The predicted molar refractivity (Wildman–Crippen MR) is 59.6 cm³/mol. The van der Waals surface area contributed by atoms with E-state index < -0.39 is 5.54 Å². The largest absolute Gasteiger partial charge is 0.569 e. The van der Waals surface area contributed by atoms with E-state index in [1.807, 2.05) is 51.1 Å². The first-order valence-corrected chi connectivity index (χ1v) is 5.09. The van der Waals surface area contributed by atoms with Crippen molar-refractivity contribution in [2.24, 2.45) is 5.28 Å². The van der Waals surface area contributed by atoms with Crippen molar-refractivity contribution < 1.29 is 10.2 Å². The average molecular weight is 223 g/mol. The number of rotatable bonds is 3. The third-order valence-corrected chi connectivity index (χ3v) is 2.23. The molecular formula is C11H17N3O2. The van der Waals surface area contributed by atoms with Crippen molar-refractivity contribution in [2.75, 3.05) is 0 Å². The Labute approximate surface area is 95.1 Å². The molecule has 0 saturated heterocycles. The summed E-state index contributed by atoms with van der Waals surface area (Å²) in [7, 11) is 0. The fourth-order valence-corrected chi connectivity index (χ4v) is 1.36. The summed E-state index contributed by atoms with van der Waals surface area (Å²) in [6, 6.07) is 9.56. The molecule has 0 unspecified atom stereocenters. The first-order valence-electron chi connectivity index (χ1n) is 5.09. The zero-order chi connectivity index (χ0) is 12.2. The molecule has 88 valence electrons. The molecular weight excluding hydrogens is 206 g/mol. The number of nitrogens with zero attached hydrogens (tertiary/aromatic N) is 3. The fourth-order valence-electron chi connectivity index (χ4n) is 1.36. The van der Waals surface area contributed by atoms with Crippen LogP contribution in [0.2, 0.25) is 0 Å². The molecule has 0 amide bonds. The van der Waals surface area contributed by atoms with Crippen LogP contribution in [0.25, 0.3) is 0 Å². The SMILES string of the molecule is CC(C)(C)N(Cc1ccccc1)/[N+]([O-])=N/O. The lowest BCUT2D eigenvalue weighted by Crippen LogP contribution is -2.45. The maximum absolute atomic E-state index is 11.4. The second-order valence-corrected chi connectivity index (χ2v) is 4.56. The van der Waals surface area contributed by atoms with Crippen LogP contribution in [0.3, 0.4) is 0 Å². The lowest BCUT2D eigenvalue weighted by atomic mass is 10.1. The van der Waals surface area contributed by atoms with E-state index in [9.17, 15) is 5.21 Å². The van der Waals surface area contributed by atoms with Crippen molar-refractivity contribution >= 4 is 0 Å². The van der Waals surface area contributed by atoms with E-state index in [0.717, 1.165) is 5.56 Å². The summed E-state index contributed by atoms with van der Waals surface area (Å²) in [4.78, 5) is 0.215. The fraction of sp³-hybridized carbons (Fsp3) is 0.455. The van der Waals surface area contributed by atoms with Gasteiger partial charge < -0.3 is 10.4 Å².